The summed E-state index contributed by atoms with van der Waals surface area (Å²) in [5.74, 6) is 0. The van der Waals surface area contributed by atoms with Gasteiger partial charge in [0.05, 0.1) is 24.8 Å². The van der Waals surface area contributed by atoms with Crippen molar-refractivity contribution in [2.75, 3.05) is 44.2 Å². The highest BCUT2D eigenvalue weighted by molar-refractivity contribution is 5.74. The van der Waals surface area contributed by atoms with E-state index in [1.807, 2.05) is 18.2 Å². The fraction of sp³-hybridized carbons (Fsp3) is 0.550. The summed E-state index contributed by atoms with van der Waals surface area (Å²) >= 11 is 0. The van der Waals surface area contributed by atoms with Gasteiger partial charge in [-0.05, 0) is 12.1 Å². The minimum absolute atomic E-state index is 0.304. The van der Waals surface area contributed by atoms with E-state index in [9.17, 15) is 9.90 Å². The molecule has 3 aliphatic heterocycles. The number of hydrogen-bond donors (Lipinski definition) is 3. The molecule has 0 aromatic heterocycles. The van der Waals surface area contributed by atoms with E-state index < -0.39 is 18.4 Å². The standard InChI is InChI=1S/C20H28N4O4/c1-2-8-21-20(26)22-16-15-13-27-19(28-15)17(18(16)25)24-11-9-23(10-12-24)14-6-4-3-5-7-14/h2-7,15-19,25H,1,8-13H2,(H2,21,22,26)/t15-,16-,17+,18-,19+/m0/s1. The Morgan fingerprint density at radius 1 is 1.25 bits per heavy atom. The van der Waals surface area contributed by atoms with Gasteiger partial charge in [-0.3, -0.25) is 4.90 Å². The molecule has 3 saturated heterocycles. The van der Waals surface area contributed by atoms with E-state index in [1.54, 1.807) is 6.08 Å². The second-order valence-electron chi connectivity index (χ2n) is 7.38. The van der Waals surface area contributed by atoms with Gasteiger partial charge in [0.1, 0.15) is 6.10 Å². The molecular formula is C20H28N4O4. The first-order valence-electron chi connectivity index (χ1n) is 9.82. The maximum absolute atomic E-state index is 12.1. The number of benzene rings is 1. The van der Waals surface area contributed by atoms with Crippen molar-refractivity contribution in [3.8, 4) is 0 Å². The second kappa shape index (κ2) is 8.48. The van der Waals surface area contributed by atoms with Gasteiger partial charge in [-0.25, -0.2) is 4.79 Å². The molecule has 0 aliphatic carbocycles. The quantitative estimate of drug-likeness (QED) is 0.623. The molecule has 3 fully saturated rings. The van der Waals surface area contributed by atoms with Crippen molar-refractivity contribution in [2.45, 2.75) is 30.6 Å². The molecule has 28 heavy (non-hydrogen) atoms. The Hall–Kier alpha value is -2.13. The Morgan fingerprint density at radius 2 is 2.00 bits per heavy atom. The van der Waals surface area contributed by atoms with Gasteiger partial charge in [-0.15, -0.1) is 6.58 Å². The van der Waals surface area contributed by atoms with Crippen LogP contribution in [0.5, 0.6) is 0 Å². The van der Waals surface area contributed by atoms with Crippen LogP contribution in [-0.2, 0) is 9.47 Å². The summed E-state index contributed by atoms with van der Waals surface area (Å²) in [7, 11) is 0. The lowest BCUT2D eigenvalue weighted by Crippen LogP contribution is -2.67. The number of nitrogens with zero attached hydrogens (tertiary/aromatic N) is 2. The Labute approximate surface area is 165 Å². The Bertz CT molecular complexity index is 680. The number of carbonyl (C=O) groups excluding carboxylic acids is 1. The van der Waals surface area contributed by atoms with Gasteiger partial charge in [0.25, 0.3) is 0 Å². The van der Waals surface area contributed by atoms with Crippen LogP contribution in [0.4, 0.5) is 10.5 Å². The molecule has 1 aromatic carbocycles. The number of hydrogen-bond acceptors (Lipinski definition) is 6. The van der Waals surface area contributed by atoms with Crippen LogP contribution < -0.4 is 15.5 Å². The fourth-order valence-corrected chi connectivity index (χ4v) is 4.25. The molecule has 3 heterocycles. The number of urea groups is 1. The number of aliphatic hydroxyl groups excluding tert-OH is 1. The number of aliphatic hydroxyl groups is 1. The molecular weight excluding hydrogens is 360 g/mol. The number of anilines is 1. The zero-order valence-corrected chi connectivity index (χ0v) is 15.9. The van der Waals surface area contributed by atoms with Crippen molar-refractivity contribution >= 4 is 11.7 Å². The van der Waals surface area contributed by atoms with Gasteiger partial charge >= 0.3 is 6.03 Å². The van der Waals surface area contributed by atoms with E-state index in [-0.39, 0.29) is 18.2 Å². The number of nitrogens with one attached hydrogen (secondary N) is 2. The third kappa shape index (κ3) is 3.86. The van der Waals surface area contributed by atoms with E-state index in [2.05, 4.69) is 39.1 Å². The first-order chi connectivity index (χ1) is 13.7. The third-order valence-electron chi connectivity index (χ3n) is 5.69. The molecule has 0 spiro atoms. The molecule has 0 saturated carbocycles. The highest BCUT2D eigenvalue weighted by Crippen LogP contribution is 2.32. The summed E-state index contributed by atoms with van der Waals surface area (Å²) in [4.78, 5) is 16.6. The van der Waals surface area contributed by atoms with Crippen LogP contribution in [0.15, 0.2) is 43.0 Å². The SMILES string of the molecule is C=CCNC(=O)N[C@@H]1[C@H](O)[C@@H](N2CCN(c3ccccc3)CC2)[C@@H]2OC[C@@H]1O2. The largest absolute Gasteiger partial charge is 0.389 e. The number of rotatable bonds is 5. The van der Waals surface area contributed by atoms with Crippen LogP contribution in [0.1, 0.15) is 0 Å². The van der Waals surface area contributed by atoms with E-state index in [1.165, 1.54) is 5.69 Å². The molecule has 2 amide bonds. The average molecular weight is 388 g/mol. The van der Waals surface area contributed by atoms with Gasteiger partial charge in [-0.1, -0.05) is 24.3 Å². The van der Waals surface area contributed by atoms with Crippen LogP contribution >= 0.6 is 0 Å². The molecule has 8 nitrogen and oxygen atoms in total. The zero-order valence-electron chi connectivity index (χ0n) is 15.9. The van der Waals surface area contributed by atoms with Crippen LogP contribution in [-0.4, -0.2) is 85.9 Å². The van der Waals surface area contributed by atoms with Crippen LogP contribution in [0.25, 0.3) is 0 Å². The molecule has 3 aliphatic rings. The Morgan fingerprint density at radius 3 is 2.71 bits per heavy atom. The Kier molecular flexibility index (Phi) is 5.82. The molecule has 8 heteroatoms. The number of piperazine rings is 1. The normalized spacial score (nSPS) is 32.8. The predicted octanol–water partition coefficient (Wildman–Crippen LogP) is 0.147. The first-order valence-corrected chi connectivity index (χ1v) is 9.82. The topological polar surface area (TPSA) is 86.3 Å². The second-order valence-corrected chi connectivity index (χ2v) is 7.38. The Balaban J connectivity index is 1.40. The first kappa shape index (κ1) is 19.2. The molecule has 5 atom stereocenters. The van der Waals surface area contributed by atoms with Crippen molar-refractivity contribution in [2.24, 2.45) is 0 Å². The van der Waals surface area contributed by atoms with Crippen molar-refractivity contribution in [3.63, 3.8) is 0 Å². The van der Waals surface area contributed by atoms with Crippen molar-refractivity contribution in [3.05, 3.63) is 43.0 Å². The number of carbonyl (C=O) groups is 1. The lowest BCUT2D eigenvalue weighted by Gasteiger charge is -2.46. The predicted molar refractivity (Wildman–Crippen MR) is 105 cm³/mol. The lowest BCUT2D eigenvalue weighted by atomic mass is 9.94. The molecule has 2 bridgehead atoms. The highest BCUT2D eigenvalue weighted by atomic mass is 16.7. The van der Waals surface area contributed by atoms with Crippen LogP contribution in [0, 0.1) is 0 Å². The maximum Gasteiger partial charge on any atom is 0.315 e. The van der Waals surface area contributed by atoms with Gasteiger partial charge in [-0.2, -0.15) is 0 Å². The smallest absolute Gasteiger partial charge is 0.315 e. The number of amides is 2. The summed E-state index contributed by atoms with van der Waals surface area (Å²) in [6, 6.07) is 9.16. The molecule has 0 unspecified atom stereocenters. The van der Waals surface area contributed by atoms with Crippen molar-refractivity contribution in [1.82, 2.24) is 15.5 Å². The van der Waals surface area contributed by atoms with Gasteiger partial charge < -0.3 is 30.1 Å². The summed E-state index contributed by atoms with van der Waals surface area (Å²) in [6.45, 7) is 7.63. The van der Waals surface area contributed by atoms with E-state index in [0.717, 1.165) is 26.2 Å². The van der Waals surface area contributed by atoms with Gasteiger partial charge in [0, 0.05) is 38.4 Å². The van der Waals surface area contributed by atoms with E-state index >= 15 is 0 Å². The number of ether oxygens (including phenoxy) is 2. The molecule has 0 radical (unpaired) electrons. The minimum Gasteiger partial charge on any atom is -0.389 e. The maximum atomic E-state index is 12.1. The molecule has 152 valence electrons. The minimum atomic E-state index is -0.760. The van der Waals surface area contributed by atoms with Crippen LogP contribution in [0.2, 0.25) is 0 Å². The molecule has 4 rings (SSSR count). The molecule has 3 N–H and O–H groups in total. The summed E-state index contributed by atoms with van der Waals surface area (Å²) in [6.07, 6.45) is 0.0508. The van der Waals surface area contributed by atoms with Gasteiger partial charge in [0.2, 0.25) is 0 Å². The van der Waals surface area contributed by atoms with E-state index in [4.69, 9.17) is 9.47 Å². The number of para-hydroxylation sites is 1. The summed E-state index contributed by atoms with van der Waals surface area (Å²) in [5, 5.41) is 16.6. The highest BCUT2D eigenvalue weighted by Gasteiger charge is 2.52. The van der Waals surface area contributed by atoms with E-state index in [0.29, 0.717) is 13.2 Å². The van der Waals surface area contributed by atoms with Gasteiger partial charge in [0.15, 0.2) is 6.29 Å². The summed E-state index contributed by atoms with van der Waals surface area (Å²) in [5.41, 5.74) is 1.21. The van der Waals surface area contributed by atoms with Crippen molar-refractivity contribution < 1.29 is 19.4 Å². The zero-order chi connectivity index (χ0) is 19.5. The van der Waals surface area contributed by atoms with Crippen LogP contribution in [0.3, 0.4) is 0 Å². The number of fused-ring (bicyclic) bond motifs is 2. The molecule has 1 aromatic rings. The fourth-order valence-electron chi connectivity index (χ4n) is 4.25. The monoisotopic (exact) mass is 388 g/mol. The third-order valence-corrected chi connectivity index (χ3v) is 5.69. The lowest BCUT2D eigenvalue weighted by molar-refractivity contribution is -0.181. The van der Waals surface area contributed by atoms with Crippen molar-refractivity contribution in [1.29, 1.82) is 0 Å². The average Bonchev–Trinajstić information content (AvgIpc) is 3.16. The summed E-state index contributed by atoms with van der Waals surface area (Å²) < 4.78 is 11.8.